The minimum Gasteiger partial charge on any atom is -0.310 e. The van der Waals surface area contributed by atoms with E-state index in [2.05, 4.69) is 396 Å². The maximum absolute atomic E-state index is 2.43. The Morgan fingerprint density at radius 3 is 1.06 bits per heavy atom. The zero-order valence-electron chi connectivity index (χ0n) is 52.6. The summed E-state index contributed by atoms with van der Waals surface area (Å²) in [7, 11) is 0. The van der Waals surface area contributed by atoms with Crippen LogP contribution in [0.25, 0.3) is 101 Å². The van der Waals surface area contributed by atoms with Gasteiger partial charge in [-0.15, -0.1) is 0 Å². The van der Waals surface area contributed by atoms with Crippen LogP contribution in [0.3, 0.4) is 0 Å². The maximum atomic E-state index is 2.43. The lowest BCUT2D eigenvalue weighted by atomic mass is 9.93. The second kappa shape index (κ2) is 23.7. The third kappa shape index (κ3) is 9.87. The molecule has 4 nitrogen and oxygen atoms in total. The van der Waals surface area contributed by atoms with E-state index in [0.29, 0.717) is 0 Å². The lowest BCUT2D eigenvalue weighted by molar-refractivity contribution is 1.27. The number of nitrogens with zero attached hydrogens (tertiary/aromatic N) is 4. The summed E-state index contributed by atoms with van der Waals surface area (Å²) in [5, 5.41) is 9.68. The first-order valence-corrected chi connectivity index (χ1v) is 33.0. The van der Waals surface area contributed by atoms with E-state index < -0.39 is 0 Å². The number of hydrogen-bond donors (Lipinski definition) is 0. The average molecular weight is 1220 g/mol. The highest BCUT2D eigenvalue weighted by molar-refractivity contribution is 6.17. The number of hydrogen-bond acceptors (Lipinski definition) is 4. The van der Waals surface area contributed by atoms with E-state index in [1.54, 1.807) is 0 Å². The largest absolute Gasteiger partial charge is 0.310 e. The summed E-state index contributed by atoms with van der Waals surface area (Å²) in [6.45, 7) is 0. The van der Waals surface area contributed by atoms with Gasteiger partial charge in [0.25, 0.3) is 0 Å². The van der Waals surface area contributed by atoms with Gasteiger partial charge in [0.2, 0.25) is 0 Å². The fraction of sp³-hybridized carbons (Fsp3) is 0. The van der Waals surface area contributed by atoms with Gasteiger partial charge >= 0.3 is 0 Å². The molecule has 16 aromatic rings. The molecule has 2 aliphatic heterocycles. The summed E-state index contributed by atoms with van der Waals surface area (Å²) in [5.74, 6) is 0. The average Bonchev–Trinajstić information content (AvgIpc) is 0.783. The SMILES string of the molecule is C1=Cc2ccccc2N(c2ccc(-c3ccc(N4c5ccccc5C=Cc5c(-c6ccc7c(c6)cc(N(c6ccccc6)c6ccc(-c8ccc(N(c9ccccc9)c9cc%10ccccc%10c%10ccccc9%10)cc8)cc6)c6ccccc67)cccc54)cc3)cc2)c2ccccc21. The van der Waals surface area contributed by atoms with Crippen molar-refractivity contribution in [2.45, 2.75) is 0 Å². The Morgan fingerprint density at radius 2 is 0.562 bits per heavy atom. The molecule has 96 heavy (non-hydrogen) atoms. The van der Waals surface area contributed by atoms with E-state index in [9.17, 15) is 0 Å². The quantitative estimate of drug-likeness (QED) is 0.120. The minimum absolute atomic E-state index is 1.07. The van der Waals surface area contributed by atoms with Gasteiger partial charge < -0.3 is 19.6 Å². The van der Waals surface area contributed by atoms with Crippen LogP contribution in [0, 0.1) is 0 Å². The van der Waals surface area contributed by atoms with Crippen molar-refractivity contribution < 1.29 is 0 Å². The molecule has 0 fully saturated rings. The van der Waals surface area contributed by atoms with Crippen LogP contribution >= 0.6 is 0 Å². The standard InChI is InChI=1S/C92H62N4/c1-3-24-73(25-4-1)93(91-61-70-23-7-11-28-79(70)82-29-12-14-31-84(82)91)75-50-40-63(41-51-75)64-42-52-76(53-43-64)94(74-26-5-2-6-27-74)92-62-72-60-71(49-58-81(72)83-30-13-15-32-85(83)92)80-33-19-37-90-86(80)59-48-69-22-10-18-36-89(69)96(90)78-56-46-66(47-57-78)65-44-54-77(55-45-65)95-87-34-16-8-20-67(87)38-39-68-21-9-17-35-88(68)95/h1-62H. The highest BCUT2D eigenvalue weighted by Crippen LogP contribution is 2.50. The summed E-state index contributed by atoms with van der Waals surface area (Å²) in [5.41, 5.74) is 25.0. The molecular weight excluding hydrogens is 1160 g/mol. The van der Waals surface area contributed by atoms with Crippen LogP contribution in [0.4, 0.5) is 68.2 Å². The molecule has 0 amide bonds. The molecule has 18 rings (SSSR count). The minimum atomic E-state index is 1.07. The van der Waals surface area contributed by atoms with Gasteiger partial charge in [0, 0.05) is 50.5 Å². The van der Waals surface area contributed by atoms with E-state index in [1.165, 1.54) is 54.4 Å². The van der Waals surface area contributed by atoms with Crippen molar-refractivity contribution in [1.29, 1.82) is 0 Å². The van der Waals surface area contributed by atoms with Gasteiger partial charge in [0.15, 0.2) is 0 Å². The van der Waals surface area contributed by atoms with Gasteiger partial charge in [-0.1, -0.05) is 261 Å². The Balaban J connectivity index is 0.680. The molecule has 0 N–H and O–H groups in total. The number of anilines is 12. The summed E-state index contributed by atoms with van der Waals surface area (Å²) >= 11 is 0. The Kier molecular flexibility index (Phi) is 13.8. The van der Waals surface area contributed by atoms with E-state index in [0.717, 1.165) is 113 Å². The molecule has 0 radical (unpaired) electrons. The van der Waals surface area contributed by atoms with Crippen LogP contribution in [0.1, 0.15) is 22.3 Å². The number of fused-ring (bicyclic) bond motifs is 10. The Morgan fingerprint density at radius 1 is 0.208 bits per heavy atom. The summed E-state index contributed by atoms with van der Waals surface area (Å²) < 4.78 is 0. The zero-order valence-corrected chi connectivity index (χ0v) is 52.6. The lowest BCUT2D eigenvalue weighted by Gasteiger charge is -2.28. The molecule has 0 saturated heterocycles. The smallest absolute Gasteiger partial charge is 0.0546 e. The predicted octanol–water partition coefficient (Wildman–Crippen LogP) is 26.1. The monoisotopic (exact) mass is 1220 g/mol. The Bertz CT molecular complexity index is 5650. The molecule has 0 atom stereocenters. The van der Waals surface area contributed by atoms with Gasteiger partial charge in [0.1, 0.15) is 0 Å². The molecule has 4 heteroatoms. The molecule has 0 aromatic heterocycles. The van der Waals surface area contributed by atoms with E-state index in [1.807, 2.05) is 0 Å². The molecule has 2 aliphatic rings. The van der Waals surface area contributed by atoms with Crippen LogP contribution in [-0.4, -0.2) is 0 Å². The van der Waals surface area contributed by atoms with Crippen LogP contribution in [0.5, 0.6) is 0 Å². The van der Waals surface area contributed by atoms with E-state index >= 15 is 0 Å². The molecular formula is C92H62N4. The molecule has 0 unspecified atom stereocenters. The van der Waals surface area contributed by atoms with Crippen molar-refractivity contribution >= 4 is 136 Å². The molecule has 450 valence electrons. The Labute approximate surface area is 559 Å². The summed E-state index contributed by atoms with van der Waals surface area (Å²) in [4.78, 5) is 9.62. The second-order valence-electron chi connectivity index (χ2n) is 24.8. The number of para-hydroxylation sites is 5. The molecule has 0 aliphatic carbocycles. The van der Waals surface area contributed by atoms with Crippen molar-refractivity contribution in [3.63, 3.8) is 0 Å². The molecule has 16 aromatic carbocycles. The van der Waals surface area contributed by atoms with Crippen molar-refractivity contribution in [3.05, 3.63) is 374 Å². The molecule has 0 bridgehead atoms. The summed E-state index contributed by atoms with van der Waals surface area (Å²) in [6, 6.07) is 129. The Hall–Kier alpha value is -12.8. The lowest BCUT2D eigenvalue weighted by Crippen LogP contribution is -2.12. The van der Waals surface area contributed by atoms with Crippen LogP contribution in [0.2, 0.25) is 0 Å². The van der Waals surface area contributed by atoms with Crippen molar-refractivity contribution in [2.24, 2.45) is 0 Å². The van der Waals surface area contributed by atoms with Gasteiger partial charge in [-0.3, -0.25) is 0 Å². The highest BCUT2D eigenvalue weighted by Gasteiger charge is 2.26. The van der Waals surface area contributed by atoms with E-state index in [-0.39, 0.29) is 0 Å². The molecule has 0 saturated carbocycles. The highest BCUT2D eigenvalue weighted by atomic mass is 15.2. The first-order valence-electron chi connectivity index (χ1n) is 33.0. The molecule has 2 heterocycles. The van der Waals surface area contributed by atoms with Crippen molar-refractivity contribution in [1.82, 2.24) is 0 Å². The third-order valence-corrected chi connectivity index (χ3v) is 19.3. The van der Waals surface area contributed by atoms with Crippen molar-refractivity contribution in [2.75, 3.05) is 19.6 Å². The van der Waals surface area contributed by atoms with Gasteiger partial charge in [-0.25, -0.2) is 0 Å². The first-order chi connectivity index (χ1) is 47.6. The third-order valence-electron chi connectivity index (χ3n) is 19.3. The summed E-state index contributed by atoms with van der Waals surface area (Å²) in [6.07, 6.45) is 9.04. The zero-order chi connectivity index (χ0) is 63.5. The second-order valence-corrected chi connectivity index (χ2v) is 24.8. The topological polar surface area (TPSA) is 13.0 Å². The van der Waals surface area contributed by atoms with Crippen molar-refractivity contribution in [3.8, 4) is 33.4 Å². The number of benzene rings is 16. The van der Waals surface area contributed by atoms with Crippen LogP contribution in [0.15, 0.2) is 352 Å². The maximum Gasteiger partial charge on any atom is 0.0546 e. The fourth-order valence-corrected chi connectivity index (χ4v) is 14.7. The van der Waals surface area contributed by atoms with Gasteiger partial charge in [-0.05, 0) is 198 Å². The van der Waals surface area contributed by atoms with E-state index in [4.69, 9.17) is 0 Å². The number of rotatable bonds is 11. The van der Waals surface area contributed by atoms with Gasteiger partial charge in [0.05, 0.1) is 34.1 Å². The van der Waals surface area contributed by atoms with Crippen LogP contribution in [-0.2, 0) is 0 Å². The van der Waals surface area contributed by atoms with Gasteiger partial charge in [-0.2, -0.15) is 0 Å². The fourth-order valence-electron chi connectivity index (χ4n) is 14.7. The molecule has 0 spiro atoms. The predicted molar refractivity (Wildman–Crippen MR) is 409 cm³/mol. The first kappa shape index (κ1) is 56.0. The normalized spacial score (nSPS) is 12.2. The van der Waals surface area contributed by atoms with Crippen LogP contribution < -0.4 is 19.6 Å².